The number of nitrogens with zero attached hydrogens (tertiary/aromatic N) is 3. The number of rotatable bonds is 26. The van der Waals surface area contributed by atoms with Crippen molar-refractivity contribution in [2.45, 2.75) is 38.5 Å². The Balaban J connectivity index is 4.56. The number of amides is 2. The predicted molar refractivity (Wildman–Crippen MR) is 162 cm³/mol. The first kappa shape index (κ1) is 41.0. The number of hydrogen-bond acceptors (Lipinski definition) is 13. The van der Waals surface area contributed by atoms with Crippen LogP contribution in [0.25, 0.3) is 0 Å². The Hall–Kier alpha value is -3.01. The molecule has 0 saturated carbocycles. The molecule has 0 radical (unpaired) electrons. The molecule has 2 N–H and O–H groups in total. The monoisotopic (exact) mass is 651 g/mol. The topological polar surface area (TPSA) is 173 Å². The zero-order chi connectivity index (χ0) is 33.2. The first-order valence-electron chi connectivity index (χ1n) is 14.6. The van der Waals surface area contributed by atoms with Crippen molar-refractivity contribution in [1.29, 1.82) is 0 Å². The minimum atomic E-state index is -0.363. The van der Waals surface area contributed by atoms with Crippen LogP contribution in [-0.4, -0.2) is 157 Å². The van der Waals surface area contributed by atoms with Crippen molar-refractivity contribution in [1.82, 2.24) is 25.3 Å². The van der Waals surface area contributed by atoms with Gasteiger partial charge in [0.1, 0.15) is 0 Å². The van der Waals surface area contributed by atoms with Crippen LogP contribution < -0.4 is 10.6 Å². The predicted octanol–water partition coefficient (Wildman–Crippen LogP) is -0.604. The van der Waals surface area contributed by atoms with Gasteiger partial charge in [0, 0.05) is 90.7 Å². The molecule has 0 spiro atoms. The van der Waals surface area contributed by atoms with E-state index in [4.69, 9.17) is 11.6 Å². The van der Waals surface area contributed by atoms with E-state index in [0.717, 1.165) is 0 Å². The van der Waals surface area contributed by atoms with E-state index >= 15 is 0 Å². The van der Waals surface area contributed by atoms with Crippen LogP contribution >= 0.6 is 11.6 Å². The minimum Gasteiger partial charge on any atom is -0.469 e. The summed E-state index contributed by atoms with van der Waals surface area (Å²) in [5.74, 6) is -1.45. The van der Waals surface area contributed by atoms with E-state index in [1.807, 2.05) is 14.7 Å². The molecule has 0 atom stereocenters. The molecule has 0 saturated heterocycles. The highest BCUT2D eigenvalue weighted by molar-refractivity contribution is 6.18. The van der Waals surface area contributed by atoms with Gasteiger partial charge in [-0.2, -0.15) is 0 Å². The lowest BCUT2D eigenvalue weighted by Crippen LogP contribution is -2.40. The lowest BCUT2D eigenvalue weighted by molar-refractivity contribution is -0.142. The molecule has 0 unspecified atom stereocenters. The summed E-state index contributed by atoms with van der Waals surface area (Å²) in [7, 11) is 5.24. The van der Waals surface area contributed by atoms with E-state index in [1.165, 1.54) is 28.4 Å². The van der Waals surface area contributed by atoms with Crippen molar-refractivity contribution < 1.29 is 47.7 Å². The van der Waals surface area contributed by atoms with Gasteiger partial charge in [0.05, 0.1) is 54.1 Å². The van der Waals surface area contributed by atoms with Crippen molar-refractivity contribution in [2.24, 2.45) is 0 Å². The number of methoxy groups -OCH3 is 4. The second-order valence-corrected chi connectivity index (χ2v) is 10.1. The Morgan fingerprint density at radius 3 is 1.00 bits per heavy atom. The molecule has 0 rings (SSSR count). The molecule has 0 bridgehead atoms. The van der Waals surface area contributed by atoms with Crippen LogP contribution in [0.5, 0.6) is 0 Å². The number of hydrogen-bond donors (Lipinski definition) is 2. The minimum absolute atomic E-state index is 0.162. The normalized spacial score (nSPS) is 10.9. The Morgan fingerprint density at radius 1 is 0.455 bits per heavy atom. The second kappa shape index (κ2) is 26.4. The van der Waals surface area contributed by atoms with Crippen LogP contribution in [0.15, 0.2) is 0 Å². The lowest BCUT2D eigenvalue weighted by atomic mass is 10.3. The molecular weight excluding hydrogens is 602 g/mol. The third kappa shape index (κ3) is 22.5. The standard InChI is InChI=1S/C28H50ClN5O10/c1-41-25(37)7-16-33(17-8-26(38)42-2)21-12-30-23(35)5-14-32(20-11-29)15-6-24(36)31-13-22-34(18-9-27(39)43-3)19-10-28(40)44-4/h5-22H2,1-4H3,(H,30,35)(H,31,36). The molecular formula is C28H50ClN5O10. The molecule has 15 nitrogen and oxygen atoms in total. The SMILES string of the molecule is COC(=O)CCN(CCNC(=O)CCN(CCCl)CCC(=O)NCCN(CCC(=O)OC)CCC(=O)OC)CCC(=O)OC. The number of alkyl halides is 1. The second-order valence-electron chi connectivity index (χ2n) is 9.72. The Morgan fingerprint density at radius 2 is 0.727 bits per heavy atom. The fourth-order valence-electron chi connectivity index (χ4n) is 3.93. The first-order valence-corrected chi connectivity index (χ1v) is 15.2. The largest absolute Gasteiger partial charge is 0.469 e. The average Bonchev–Trinajstić information content (AvgIpc) is 3.03. The quantitative estimate of drug-likeness (QED) is 0.0690. The molecule has 2 amide bonds. The molecule has 0 fully saturated rings. The molecule has 0 aliphatic rings. The Kier molecular flexibility index (Phi) is 24.6. The van der Waals surface area contributed by atoms with Crippen molar-refractivity contribution in [2.75, 3.05) is 106 Å². The maximum Gasteiger partial charge on any atom is 0.306 e. The van der Waals surface area contributed by atoms with E-state index in [2.05, 4.69) is 29.6 Å². The molecule has 0 aliphatic carbocycles. The third-order valence-electron chi connectivity index (χ3n) is 6.65. The van der Waals surface area contributed by atoms with Gasteiger partial charge in [-0.15, -0.1) is 11.6 Å². The van der Waals surface area contributed by atoms with E-state index in [0.29, 0.717) is 77.9 Å². The fraction of sp³-hybridized carbons (Fsp3) is 0.786. The molecule has 0 heterocycles. The van der Waals surface area contributed by atoms with Crippen molar-refractivity contribution in [3.05, 3.63) is 0 Å². The van der Waals surface area contributed by atoms with E-state index in [9.17, 15) is 28.8 Å². The summed E-state index contributed by atoms with van der Waals surface area (Å²) in [6.07, 6.45) is 1.06. The number of halogens is 1. The smallest absolute Gasteiger partial charge is 0.306 e. The highest BCUT2D eigenvalue weighted by Gasteiger charge is 2.15. The van der Waals surface area contributed by atoms with E-state index < -0.39 is 0 Å². The maximum atomic E-state index is 12.5. The summed E-state index contributed by atoms with van der Waals surface area (Å²) in [5.41, 5.74) is 0. The molecule has 44 heavy (non-hydrogen) atoms. The number of nitrogens with one attached hydrogen (secondary N) is 2. The summed E-state index contributed by atoms with van der Waals surface area (Å²) in [5, 5.41) is 5.69. The average molecular weight is 652 g/mol. The molecule has 0 aromatic carbocycles. The maximum absolute atomic E-state index is 12.5. The van der Waals surface area contributed by atoms with Crippen LogP contribution in [0.2, 0.25) is 0 Å². The van der Waals surface area contributed by atoms with Gasteiger partial charge in [-0.1, -0.05) is 0 Å². The zero-order valence-electron chi connectivity index (χ0n) is 26.5. The summed E-state index contributed by atoms with van der Waals surface area (Å²) in [4.78, 5) is 76.6. The molecule has 0 aliphatic heterocycles. The van der Waals surface area contributed by atoms with E-state index in [1.54, 1.807) is 0 Å². The Bertz CT molecular complexity index is 774. The van der Waals surface area contributed by atoms with Gasteiger partial charge in [0.15, 0.2) is 0 Å². The third-order valence-corrected chi connectivity index (χ3v) is 6.82. The highest BCUT2D eigenvalue weighted by atomic mass is 35.5. The van der Waals surface area contributed by atoms with Gasteiger partial charge in [-0.05, 0) is 0 Å². The fourth-order valence-corrected chi connectivity index (χ4v) is 4.17. The summed E-state index contributed by atoms with van der Waals surface area (Å²) < 4.78 is 18.7. The molecule has 0 aromatic rings. The van der Waals surface area contributed by atoms with Crippen LogP contribution in [0.3, 0.4) is 0 Å². The number of esters is 4. The van der Waals surface area contributed by atoms with Gasteiger partial charge in [0.2, 0.25) is 11.8 Å². The number of carbonyl (C=O) groups is 6. The van der Waals surface area contributed by atoms with Gasteiger partial charge in [-0.3, -0.25) is 28.8 Å². The van der Waals surface area contributed by atoms with Crippen molar-refractivity contribution in [3.63, 3.8) is 0 Å². The van der Waals surface area contributed by atoms with Crippen LogP contribution in [0.4, 0.5) is 0 Å². The van der Waals surface area contributed by atoms with Gasteiger partial charge >= 0.3 is 23.9 Å². The summed E-state index contributed by atoms with van der Waals surface area (Å²) >= 11 is 5.93. The van der Waals surface area contributed by atoms with Crippen molar-refractivity contribution >= 4 is 47.3 Å². The van der Waals surface area contributed by atoms with Gasteiger partial charge < -0.3 is 44.3 Å². The van der Waals surface area contributed by atoms with Crippen LogP contribution in [0.1, 0.15) is 38.5 Å². The van der Waals surface area contributed by atoms with Gasteiger partial charge in [0.25, 0.3) is 0 Å². The highest BCUT2D eigenvalue weighted by Crippen LogP contribution is 2.00. The molecule has 0 aromatic heterocycles. The number of carbonyl (C=O) groups excluding carboxylic acids is 6. The Labute approximate surface area is 265 Å². The molecule has 254 valence electrons. The van der Waals surface area contributed by atoms with Crippen molar-refractivity contribution in [3.8, 4) is 0 Å². The number of ether oxygens (including phenoxy) is 4. The van der Waals surface area contributed by atoms with Gasteiger partial charge in [-0.25, -0.2) is 0 Å². The van der Waals surface area contributed by atoms with Crippen LogP contribution in [-0.2, 0) is 47.7 Å². The summed E-state index contributed by atoms with van der Waals surface area (Å²) in [6, 6.07) is 0. The lowest BCUT2D eigenvalue weighted by Gasteiger charge is -2.23. The van der Waals surface area contributed by atoms with E-state index in [-0.39, 0.29) is 74.2 Å². The zero-order valence-corrected chi connectivity index (χ0v) is 27.3. The van der Waals surface area contributed by atoms with Crippen LogP contribution in [0, 0.1) is 0 Å². The molecule has 16 heteroatoms. The summed E-state index contributed by atoms with van der Waals surface area (Å²) in [6.45, 7) is 4.38. The first-order chi connectivity index (χ1) is 21.1.